The van der Waals surface area contributed by atoms with Crippen LogP contribution in [0, 0.1) is 5.82 Å². The van der Waals surface area contributed by atoms with E-state index in [0.29, 0.717) is 19.0 Å². The Labute approximate surface area is 136 Å². The van der Waals surface area contributed by atoms with E-state index in [1.54, 1.807) is 18.5 Å². The minimum atomic E-state index is -0.252. The molecule has 0 N–H and O–H groups in total. The maximum atomic E-state index is 13.3. The molecule has 0 bridgehead atoms. The Morgan fingerprint density at radius 3 is 2.70 bits per heavy atom. The number of halogens is 1. The molecule has 0 aliphatic heterocycles. The number of amides is 1. The Bertz CT molecular complexity index is 670. The lowest BCUT2D eigenvalue weighted by molar-refractivity contribution is -0.132. The number of aromatic nitrogens is 1. The van der Waals surface area contributed by atoms with Crippen molar-refractivity contribution in [3.8, 4) is 0 Å². The Balaban J connectivity index is 1.67. The highest BCUT2D eigenvalue weighted by molar-refractivity contribution is 5.77. The first-order valence-corrected chi connectivity index (χ1v) is 8.07. The lowest BCUT2D eigenvalue weighted by atomic mass is 9.97. The standard InChI is InChI=1S/C19H21FN2O/c1-14(16-3-2-4-17(20)12-16)11-19(23)22(18-5-6-18)13-15-7-9-21-10-8-15/h2-4,7-10,12,14,18H,5-6,11,13H2,1H3. The Morgan fingerprint density at radius 2 is 2.04 bits per heavy atom. The van der Waals surface area contributed by atoms with Gasteiger partial charge in [-0.2, -0.15) is 0 Å². The van der Waals surface area contributed by atoms with Crippen molar-refractivity contribution in [2.24, 2.45) is 0 Å². The van der Waals surface area contributed by atoms with Gasteiger partial charge in [0.15, 0.2) is 0 Å². The van der Waals surface area contributed by atoms with Crippen LogP contribution in [0.1, 0.15) is 43.2 Å². The van der Waals surface area contributed by atoms with Crippen LogP contribution in [-0.4, -0.2) is 21.8 Å². The fraction of sp³-hybridized carbons (Fsp3) is 0.368. The van der Waals surface area contributed by atoms with E-state index in [-0.39, 0.29) is 17.6 Å². The van der Waals surface area contributed by atoms with E-state index >= 15 is 0 Å². The smallest absolute Gasteiger partial charge is 0.223 e. The summed E-state index contributed by atoms with van der Waals surface area (Å²) in [6.07, 6.45) is 6.06. The van der Waals surface area contributed by atoms with E-state index in [0.717, 1.165) is 24.0 Å². The summed E-state index contributed by atoms with van der Waals surface area (Å²) in [5.41, 5.74) is 1.97. The van der Waals surface area contributed by atoms with Gasteiger partial charge in [0.2, 0.25) is 5.91 Å². The maximum Gasteiger partial charge on any atom is 0.223 e. The predicted molar refractivity (Wildman–Crippen MR) is 87.2 cm³/mol. The molecule has 4 heteroatoms. The molecule has 1 heterocycles. The lowest BCUT2D eigenvalue weighted by Gasteiger charge is -2.24. The summed E-state index contributed by atoms with van der Waals surface area (Å²) in [5, 5.41) is 0. The van der Waals surface area contributed by atoms with Gasteiger partial charge in [0.25, 0.3) is 0 Å². The number of hydrogen-bond donors (Lipinski definition) is 0. The molecule has 2 aromatic rings. The topological polar surface area (TPSA) is 33.2 Å². The fourth-order valence-corrected chi connectivity index (χ4v) is 2.80. The quantitative estimate of drug-likeness (QED) is 0.810. The zero-order chi connectivity index (χ0) is 16.2. The number of carbonyl (C=O) groups is 1. The Hall–Kier alpha value is -2.23. The van der Waals surface area contributed by atoms with Crippen molar-refractivity contribution in [3.63, 3.8) is 0 Å². The van der Waals surface area contributed by atoms with Crippen LogP contribution in [-0.2, 0) is 11.3 Å². The summed E-state index contributed by atoms with van der Waals surface area (Å²) in [5.74, 6) is -0.101. The molecule has 1 aromatic heterocycles. The van der Waals surface area contributed by atoms with Crippen LogP contribution in [0.4, 0.5) is 4.39 Å². The number of pyridine rings is 1. The summed E-state index contributed by atoms with van der Waals surface area (Å²) < 4.78 is 13.3. The van der Waals surface area contributed by atoms with E-state index in [9.17, 15) is 9.18 Å². The second kappa shape index (κ2) is 6.90. The largest absolute Gasteiger partial charge is 0.335 e. The first kappa shape index (κ1) is 15.7. The average Bonchev–Trinajstić information content (AvgIpc) is 3.38. The molecule has 0 radical (unpaired) electrons. The third-order valence-electron chi connectivity index (χ3n) is 4.31. The van der Waals surface area contributed by atoms with Gasteiger partial charge in [-0.15, -0.1) is 0 Å². The highest BCUT2D eigenvalue weighted by Gasteiger charge is 2.33. The average molecular weight is 312 g/mol. The van der Waals surface area contributed by atoms with Crippen molar-refractivity contribution in [2.45, 2.75) is 44.7 Å². The summed E-state index contributed by atoms with van der Waals surface area (Å²) in [7, 11) is 0. The molecule has 0 saturated heterocycles. The van der Waals surface area contributed by atoms with Gasteiger partial charge in [0.05, 0.1) is 0 Å². The van der Waals surface area contributed by atoms with E-state index in [2.05, 4.69) is 4.98 Å². The summed E-state index contributed by atoms with van der Waals surface area (Å²) in [6.45, 7) is 2.60. The van der Waals surface area contributed by atoms with Gasteiger partial charge in [-0.25, -0.2) is 4.39 Å². The Morgan fingerprint density at radius 1 is 1.30 bits per heavy atom. The lowest BCUT2D eigenvalue weighted by Crippen LogP contribution is -2.33. The number of carbonyl (C=O) groups excluding carboxylic acids is 1. The van der Waals surface area contributed by atoms with Gasteiger partial charge in [-0.1, -0.05) is 19.1 Å². The van der Waals surface area contributed by atoms with Gasteiger partial charge in [0, 0.05) is 31.4 Å². The molecule has 0 spiro atoms. The molecule has 1 aliphatic rings. The third-order valence-corrected chi connectivity index (χ3v) is 4.31. The molecule has 1 aliphatic carbocycles. The molecule has 3 rings (SSSR count). The number of hydrogen-bond acceptors (Lipinski definition) is 2. The van der Waals surface area contributed by atoms with Crippen LogP contribution in [0.2, 0.25) is 0 Å². The van der Waals surface area contributed by atoms with Gasteiger partial charge >= 0.3 is 0 Å². The second-order valence-corrected chi connectivity index (χ2v) is 6.27. The third kappa shape index (κ3) is 4.15. The van der Waals surface area contributed by atoms with Crippen LogP contribution in [0.15, 0.2) is 48.8 Å². The SMILES string of the molecule is CC(CC(=O)N(Cc1ccncc1)C1CC1)c1cccc(F)c1. The molecule has 1 aromatic carbocycles. The van der Waals surface area contributed by atoms with Crippen molar-refractivity contribution in [1.29, 1.82) is 0 Å². The first-order valence-electron chi connectivity index (χ1n) is 8.07. The van der Waals surface area contributed by atoms with E-state index in [1.165, 1.54) is 12.1 Å². The van der Waals surface area contributed by atoms with Crippen LogP contribution in [0.25, 0.3) is 0 Å². The second-order valence-electron chi connectivity index (χ2n) is 6.27. The normalized spacial score (nSPS) is 15.2. The van der Waals surface area contributed by atoms with Crippen molar-refractivity contribution in [1.82, 2.24) is 9.88 Å². The van der Waals surface area contributed by atoms with E-state index in [1.807, 2.05) is 30.0 Å². The molecular formula is C19H21FN2O. The summed E-state index contributed by atoms with van der Waals surface area (Å²) >= 11 is 0. The zero-order valence-corrected chi connectivity index (χ0v) is 13.3. The first-order chi connectivity index (χ1) is 11.1. The molecule has 1 atom stereocenters. The van der Waals surface area contributed by atoms with Crippen LogP contribution in [0.3, 0.4) is 0 Å². The molecule has 1 fully saturated rings. The maximum absolute atomic E-state index is 13.3. The molecule has 3 nitrogen and oxygen atoms in total. The summed E-state index contributed by atoms with van der Waals surface area (Å²) in [6, 6.07) is 10.8. The number of rotatable bonds is 6. The minimum absolute atomic E-state index is 0.0110. The van der Waals surface area contributed by atoms with Gasteiger partial charge in [0.1, 0.15) is 5.82 Å². The molecule has 120 valence electrons. The molecule has 1 amide bonds. The Kier molecular flexibility index (Phi) is 4.70. The fourth-order valence-electron chi connectivity index (χ4n) is 2.80. The van der Waals surface area contributed by atoms with Crippen LogP contribution in [0.5, 0.6) is 0 Å². The van der Waals surface area contributed by atoms with E-state index < -0.39 is 0 Å². The van der Waals surface area contributed by atoms with Gasteiger partial charge in [-0.05, 0) is 54.2 Å². The van der Waals surface area contributed by atoms with Crippen LogP contribution >= 0.6 is 0 Å². The van der Waals surface area contributed by atoms with Crippen molar-refractivity contribution in [3.05, 3.63) is 65.7 Å². The molecule has 1 saturated carbocycles. The van der Waals surface area contributed by atoms with Crippen LogP contribution < -0.4 is 0 Å². The summed E-state index contributed by atoms with van der Waals surface area (Å²) in [4.78, 5) is 18.7. The van der Waals surface area contributed by atoms with Gasteiger partial charge in [-0.3, -0.25) is 9.78 Å². The predicted octanol–water partition coefficient (Wildman–Crippen LogP) is 3.91. The zero-order valence-electron chi connectivity index (χ0n) is 13.3. The van der Waals surface area contributed by atoms with Crippen molar-refractivity contribution >= 4 is 5.91 Å². The highest BCUT2D eigenvalue weighted by Crippen LogP contribution is 2.30. The monoisotopic (exact) mass is 312 g/mol. The van der Waals surface area contributed by atoms with Crippen molar-refractivity contribution in [2.75, 3.05) is 0 Å². The van der Waals surface area contributed by atoms with Crippen molar-refractivity contribution < 1.29 is 9.18 Å². The molecule has 1 unspecified atom stereocenters. The molecular weight excluding hydrogens is 291 g/mol. The highest BCUT2D eigenvalue weighted by atomic mass is 19.1. The minimum Gasteiger partial charge on any atom is -0.335 e. The molecule has 23 heavy (non-hydrogen) atoms. The van der Waals surface area contributed by atoms with E-state index in [4.69, 9.17) is 0 Å². The number of nitrogens with zero attached hydrogens (tertiary/aromatic N) is 2. The number of benzene rings is 1. The van der Waals surface area contributed by atoms with Gasteiger partial charge < -0.3 is 4.90 Å².